The number of aliphatic hydroxyl groups excluding tert-OH is 1. The highest BCUT2D eigenvalue weighted by atomic mass is 35.5. The molecule has 2 N–H and O–H groups in total. The number of aliphatic hydroxyl groups is 1. The Labute approximate surface area is 131 Å². The first kappa shape index (κ1) is 15.5. The fourth-order valence-electron chi connectivity index (χ4n) is 1.56. The maximum absolute atomic E-state index is 12.0. The Bertz CT molecular complexity index is 713. The molecule has 1 amide bonds. The molecular formula is C15H11Cl2NO3. The molecule has 4 nitrogen and oxygen atoms in total. The van der Waals surface area contributed by atoms with Crippen LogP contribution in [-0.2, 0) is 0 Å². The van der Waals surface area contributed by atoms with E-state index in [4.69, 9.17) is 32.7 Å². The summed E-state index contributed by atoms with van der Waals surface area (Å²) in [6.07, 6.45) is 0.351. The van der Waals surface area contributed by atoms with Crippen LogP contribution in [0.3, 0.4) is 0 Å². The number of carbonyl (C=O) groups is 1. The van der Waals surface area contributed by atoms with Crippen LogP contribution in [0.1, 0.15) is 22.5 Å². The van der Waals surface area contributed by atoms with Crippen LogP contribution >= 0.6 is 23.2 Å². The van der Waals surface area contributed by atoms with Crippen molar-refractivity contribution in [3.63, 3.8) is 0 Å². The maximum Gasteiger partial charge on any atom is 0.291 e. The molecule has 0 bridgehead atoms. The van der Waals surface area contributed by atoms with Gasteiger partial charge in [0.25, 0.3) is 5.91 Å². The molecule has 2 aromatic rings. The Morgan fingerprint density at radius 2 is 2.10 bits per heavy atom. The van der Waals surface area contributed by atoms with Gasteiger partial charge in [-0.25, -0.2) is 0 Å². The molecular weight excluding hydrogens is 313 g/mol. The molecule has 0 unspecified atom stereocenters. The van der Waals surface area contributed by atoms with E-state index in [0.29, 0.717) is 22.7 Å². The normalized spacial score (nSPS) is 9.86. The minimum atomic E-state index is -0.450. The minimum Gasteiger partial charge on any atom is -0.440 e. The molecule has 0 spiro atoms. The lowest BCUT2D eigenvalue weighted by Crippen LogP contribution is -2.11. The second-order valence-electron chi connectivity index (χ2n) is 4.02. The van der Waals surface area contributed by atoms with Crippen molar-refractivity contribution in [3.05, 3.63) is 51.9 Å². The second-order valence-corrected chi connectivity index (χ2v) is 4.83. The summed E-state index contributed by atoms with van der Waals surface area (Å²) in [6.45, 7) is -0.0207. The smallest absolute Gasteiger partial charge is 0.291 e. The molecule has 1 heterocycles. The van der Waals surface area contributed by atoms with E-state index in [1.807, 2.05) is 0 Å². The number of rotatable bonds is 3. The van der Waals surface area contributed by atoms with Gasteiger partial charge in [-0.3, -0.25) is 4.79 Å². The molecule has 2 rings (SSSR count). The fraction of sp³-hybridized carbons (Fsp3) is 0.133. The Hall–Kier alpha value is -1.93. The number of anilines is 1. The molecule has 0 fully saturated rings. The Kier molecular flexibility index (Phi) is 5.29. The van der Waals surface area contributed by atoms with Crippen molar-refractivity contribution in [3.8, 4) is 11.8 Å². The third-order valence-corrected chi connectivity index (χ3v) is 2.92. The van der Waals surface area contributed by atoms with Gasteiger partial charge in [-0.1, -0.05) is 23.4 Å². The number of carbonyl (C=O) groups excluding carboxylic acids is 1. The van der Waals surface area contributed by atoms with Crippen LogP contribution < -0.4 is 5.32 Å². The Morgan fingerprint density at radius 3 is 2.76 bits per heavy atom. The minimum absolute atomic E-state index is 0.0207. The molecule has 0 radical (unpaired) electrons. The van der Waals surface area contributed by atoms with E-state index in [1.54, 1.807) is 18.2 Å². The topological polar surface area (TPSA) is 62.5 Å². The molecule has 0 aliphatic carbocycles. The number of benzene rings is 1. The van der Waals surface area contributed by atoms with E-state index < -0.39 is 5.91 Å². The van der Waals surface area contributed by atoms with Gasteiger partial charge >= 0.3 is 0 Å². The lowest BCUT2D eigenvalue weighted by molar-refractivity contribution is 0.0996. The van der Waals surface area contributed by atoms with Crippen molar-refractivity contribution in [2.45, 2.75) is 6.42 Å². The van der Waals surface area contributed by atoms with Crippen LogP contribution in [0.2, 0.25) is 10.2 Å². The molecule has 0 aliphatic heterocycles. The van der Waals surface area contributed by atoms with Gasteiger partial charge in [0.1, 0.15) is 0 Å². The van der Waals surface area contributed by atoms with Gasteiger partial charge in [0.05, 0.1) is 12.3 Å². The Morgan fingerprint density at radius 1 is 1.29 bits per heavy atom. The highest BCUT2D eigenvalue weighted by Crippen LogP contribution is 2.22. The number of furan rings is 1. The van der Waals surface area contributed by atoms with Crippen LogP contribution in [0.15, 0.2) is 34.7 Å². The third-order valence-electron chi connectivity index (χ3n) is 2.49. The average molecular weight is 324 g/mol. The van der Waals surface area contributed by atoms with E-state index in [2.05, 4.69) is 17.2 Å². The average Bonchev–Trinajstić information content (AvgIpc) is 2.88. The quantitative estimate of drug-likeness (QED) is 0.849. The number of hydrogen-bond donors (Lipinski definition) is 2. The molecule has 0 aliphatic rings. The predicted octanol–water partition coefficient (Wildman–Crippen LogP) is 3.57. The zero-order valence-electron chi connectivity index (χ0n) is 10.8. The standard InChI is InChI=1S/C15H11Cl2NO3/c16-11-5-4-10(3-1-2-8-19)12(9-11)18-15(20)13-6-7-14(17)21-13/h4-7,9,19H,2,8H2,(H,18,20). The monoisotopic (exact) mass is 323 g/mol. The first-order valence-corrected chi connectivity index (χ1v) is 6.81. The maximum atomic E-state index is 12.0. The number of nitrogens with one attached hydrogen (secondary N) is 1. The summed E-state index contributed by atoms with van der Waals surface area (Å²) in [5.41, 5.74) is 1.06. The lowest BCUT2D eigenvalue weighted by Gasteiger charge is -2.06. The molecule has 1 aromatic heterocycles. The molecule has 0 saturated carbocycles. The lowest BCUT2D eigenvalue weighted by atomic mass is 10.1. The van der Waals surface area contributed by atoms with Crippen LogP contribution in [0, 0.1) is 11.8 Å². The van der Waals surface area contributed by atoms with E-state index >= 15 is 0 Å². The van der Waals surface area contributed by atoms with Gasteiger partial charge in [0.2, 0.25) is 0 Å². The third kappa shape index (κ3) is 4.27. The zero-order chi connectivity index (χ0) is 15.2. The van der Waals surface area contributed by atoms with E-state index in [0.717, 1.165) is 0 Å². The van der Waals surface area contributed by atoms with Gasteiger partial charge in [-0.05, 0) is 41.9 Å². The second kappa shape index (κ2) is 7.19. The van der Waals surface area contributed by atoms with Crippen molar-refractivity contribution in [1.82, 2.24) is 0 Å². The van der Waals surface area contributed by atoms with E-state index in [-0.39, 0.29) is 17.6 Å². The first-order valence-electron chi connectivity index (χ1n) is 6.06. The summed E-state index contributed by atoms with van der Waals surface area (Å²) in [7, 11) is 0. The summed E-state index contributed by atoms with van der Waals surface area (Å²) >= 11 is 11.6. The first-order chi connectivity index (χ1) is 10.1. The zero-order valence-corrected chi connectivity index (χ0v) is 12.3. The van der Waals surface area contributed by atoms with Crippen LogP contribution in [0.5, 0.6) is 0 Å². The van der Waals surface area contributed by atoms with Gasteiger partial charge in [0.15, 0.2) is 11.0 Å². The number of amides is 1. The van der Waals surface area contributed by atoms with Crippen molar-refractivity contribution in [2.24, 2.45) is 0 Å². The SMILES string of the molecule is O=C(Nc1cc(Cl)ccc1C#CCCO)c1ccc(Cl)o1. The summed E-state index contributed by atoms with van der Waals surface area (Å²) in [6, 6.07) is 7.91. The van der Waals surface area contributed by atoms with Gasteiger partial charge in [-0.15, -0.1) is 0 Å². The highest BCUT2D eigenvalue weighted by molar-refractivity contribution is 6.31. The molecule has 108 valence electrons. The summed E-state index contributed by atoms with van der Waals surface area (Å²) in [5.74, 6) is 5.30. The van der Waals surface area contributed by atoms with Crippen LogP contribution in [0.25, 0.3) is 0 Å². The molecule has 1 aromatic carbocycles. The van der Waals surface area contributed by atoms with Crippen LogP contribution in [-0.4, -0.2) is 17.6 Å². The molecule has 21 heavy (non-hydrogen) atoms. The van der Waals surface area contributed by atoms with Crippen molar-refractivity contribution < 1.29 is 14.3 Å². The molecule has 6 heteroatoms. The van der Waals surface area contributed by atoms with Gasteiger partial charge in [0, 0.05) is 17.0 Å². The van der Waals surface area contributed by atoms with E-state index in [1.165, 1.54) is 12.1 Å². The fourth-order valence-corrected chi connectivity index (χ4v) is 1.88. The summed E-state index contributed by atoms with van der Waals surface area (Å²) in [5, 5.41) is 12.0. The number of hydrogen-bond acceptors (Lipinski definition) is 3. The predicted molar refractivity (Wildman–Crippen MR) is 81.7 cm³/mol. The summed E-state index contributed by atoms with van der Waals surface area (Å²) in [4.78, 5) is 12.0. The summed E-state index contributed by atoms with van der Waals surface area (Å²) < 4.78 is 5.04. The van der Waals surface area contributed by atoms with Gasteiger partial charge in [-0.2, -0.15) is 0 Å². The Balaban J connectivity index is 2.24. The van der Waals surface area contributed by atoms with E-state index in [9.17, 15) is 4.79 Å². The van der Waals surface area contributed by atoms with Crippen molar-refractivity contribution in [1.29, 1.82) is 0 Å². The van der Waals surface area contributed by atoms with Crippen molar-refractivity contribution in [2.75, 3.05) is 11.9 Å². The largest absolute Gasteiger partial charge is 0.440 e. The number of halogens is 2. The van der Waals surface area contributed by atoms with Gasteiger partial charge < -0.3 is 14.8 Å². The molecule has 0 atom stereocenters. The van der Waals surface area contributed by atoms with Crippen molar-refractivity contribution >= 4 is 34.8 Å². The van der Waals surface area contributed by atoms with Crippen LogP contribution in [0.4, 0.5) is 5.69 Å². The molecule has 0 saturated heterocycles. The highest BCUT2D eigenvalue weighted by Gasteiger charge is 2.12.